The van der Waals surface area contributed by atoms with Crippen molar-refractivity contribution in [3.8, 4) is 5.75 Å². The SMILES string of the molecule is COc1ccc(C)cc1CC(=O)N1CC[C@@](O)(CNC(C)=O)[C@H](O)C1. The minimum atomic E-state index is -1.41. The van der Waals surface area contributed by atoms with E-state index in [9.17, 15) is 19.8 Å². The Bertz CT molecular complexity index is 648. The number of rotatable bonds is 5. The van der Waals surface area contributed by atoms with Crippen LogP contribution in [0.15, 0.2) is 18.2 Å². The van der Waals surface area contributed by atoms with E-state index >= 15 is 0 Å². The average molecular weight is 350 g/mol. The van der Waals surface area contributed by atoms with Crippen LogP contribution in [-0.2, 0) is 16.0 Å². The molecule has 7 heteroatoms. The molecule has 2 atom stereocenters. The highest BCUT2D eigenvalue weighted by Gasteiger charge is 2.41. The maximum Gasteiger partial charge on any atom is 0.227 e. The molecule has 0 unspecified atom stereocenters. The molecule has 1 aliphatic rings. The number of aryl methyl sites for hydroxylation is 1. The van der Waals surface area contributed by atoms with Crippen molar-refractivity contribution in [3.63, 3.8) is 0 Å². The molecule has 0 spiro atoms. The Balaban J connectivity index is 2.01. The van der Waals surface area contributed by atoms with Crippen molar-refractivity contribution in [2.75, 3.05) is 26.7 Å². The maximum absolute atomic E-state index is 12.6. The molecule has 1 aromatic carbocycles. The molecule has 138 valence electrons. The minimum Gasteiger partial charge on any atom is -0.496 e. The molecule has 1 fully saturated rings. The number of amides is 2. The Morgan fingerprint density at radius 1 is 1.44 bits per heavy atom. The van der Waals surface area contributed by atoms with Crippen molar-refractivity contribution in [2.24, 2.45) is 0 Å². The summed E-state index contributed by atoms with van der Waals surface area (Å²) in [7, 11) is 1.56. The number of hydrogen-bond donors (Lipinski definition) is 3. The van der Waals surface area contributed by atoms with Gasteiger partial charge in [-0.3, -0.25) is 9.59 Å². The molecular weight excluding hydrogens is 324 g/mol. The Morgan fingerprint density at radius 2 is 2.16 bits per heavy atom. The molecule has 2 rings (SSSR count). The molecule has 7 nitrogen and oxygen atoms in total. The minimum absolute atomic E-state index is 0.0305. The molecule has 2 amide bonds. The van der Waals surface area contributed by atoms with Gasteiger partial charge in [0.15, 0.2) is 0 Å². The Kier molecular flexibility index (Phi) is 6.02. The fourth-order valence-electron chi connectivity index (χ4n) is 3.00. The van der Waals surface area contributed by atoms with E-state index in [1.165, 1.54) is 11.8 Å². The zero-order chi connectivity index (χ0) is 18.6. The number of nitrogens with zero attached hydrogens (tertiary/aromatic N) is 1. The predicted octanol–water partition coefficient (Wildman–Crippen LogP) is 0.00652. The summed E-state index contributed by atoms with van der Waals surface area (Å²) in [5.41, 5.74) is 0.414. The largest absolute Gasteiger partial charge is 0.496 e. The van der Waals surface area contributed by atoms with Gasteiger partial charge in [-0.2, -0.15) is 0 Å². The van der Waals surface area contributed by atoms with Crippen molar-refractivity contribution in [1.29, 1.82) is 0 Å². The van der Waals surface area contributed by atoms with Crippen LogP contribution in [0, 0.1) is 6.92 Å². The first kappa shape index (κ1) is 19.2. The number of carbonyl (C=O) groups is 2. The molecule has 0 aliphatic carbocycles. The lowest BCUT2D eigenvalue weighted by Crippen LogP contribution is -2.61. The fraction of sp³-hybridized carbons (Fsp3) is 0.556. The number of likely N-dealkylation sites (tertiary alicyclic amines) is 1. The average Bonchev–Trinajstić information content (AvgIpc) is 2.56. The second-order valence-corrected chi connectivity index (χ2v) is 6.61. The van der Waals surface area contributed by atoms with Crippen molar-refractivity contribution in [3.05, 3.63) is 29.3 Å². The summed E-state index contributed by atoms with van der Waals surface area (Å²) in [5.74, 6) is 0.244. The van der Waals surface area contributed by atoms with Crippen molar-refractivity contribution < 1.29 is 24.5 Å². The van der Waals surface area contributed by atoms with Crippen LogP contribution in [0.3, 0.4) is 0 Å². The summed E-state index contributed by atoms with van der Waals surface area (Å²) in [6.45, 7) is 3.62. The number of β-amino-alcohol motifs (C(OH)–C–C–N with tert-alkyl or cyclic N) is 1. The molecule has 0 bridgehead atoms. The van der Waals surface area contributed by atoms with Gasteiger partial charge in [0.25, 0.3) is 0 Å². The van der Waals surface area contributed by atoms with E-state index in [2.05, 4.69) is 5.32 Å². The summed E-state index contributed by atoms with van der Waals surface area (Å²) in [4.78, 5) is 25.1. The van der Waals surface area contributed by atoms with Gasteiger partial charge in [0.1, 0.15) is 17.5 Å². The van der Waals surface area contributed by atoms with E-state index in [4.69, 9.17) is 4.74 Å². The van der Waals surface area contributed by atoms with Crippen LogP contribution in [0.1, 0.15) is 24.5 Å². The maximum atomic E-state index is 12.6. The Hall–Kier alpha value is -2.12. The second-order valence-electron chi connectivity index (χ2n) is 6.61. The molecule has 0 saturated carbocycles. The van der Waals surface area contributed by atoms with Crippen LogP contribution in [0.2, 0.25) is 0 Å². The van der Waals surface area contributed by atoms with Crippen LogP contribution >= 0.6 is 0 Å². The van der Waals surface area contributed by atoms with Gasteiger partial charge in [-0.1, -0.05) is 17.7 Å². The van der Waals surface area contributed by atoms with E-state index in [0.29, 0.717) is 12.3 Å². The number of benzene rings is 1. The highest BCUT2D eigenvalue weighted by Crippen LogP contribution is 2.25. The van der Waals surface area contributed by atoms with Gasteiger partial charge in [-0.05, 0) is 19.4 Å². The number of carbonyl (C=O) groups excluding carboxylic acids is 2. The quantitative estimate of drug-likeness (QED) is 0.695. The molecule has 25 heavy (non-hydrogen) atoms. The Morgan fingerprint density at radius 3 is 2.76 bits per heavy atom. The number of ether oxygens (including phenoxy) is 1. The lowest BCUT2D eigenvalue weighted by Gasteiger charge is -2.42. The van der Waals surface area contributed by atoms with Crippen molar-refractivity contribution in [1.82, 2.24) is 10.2 Å². The number of aliphatic hydroxyl groups is 2. The first-order chi connectivity index (χ1) is 11.7. The standard InChI is InChI=1S/C18H26N2O5/c1-12-4-5-15(25-3)14(8-12)9-17(23)20-7-6-18(24,16(22)10-20)11-19-13(2)21/h4-5,8,16,22,24H,6-7,9-11H2,1-3H3,(H,19,21)/t16-,18-/m1/s1. The van der Waals surface area contributed by atoms with Crippen LogP contribution < -0.4 is 10.1 Å². The number of methoxy groups -OCH3 is 1. The summed E-state index contributed by atoms with van der Waals surface area (Å²) in [6, 6.07) is 5.65. The molecule has 1 aliphatic heterocycles. The zero-order valence-corrected chi connectivity index (χ0v) is 14.9. The summed E-state index contributed by atoms with van der Waals surface area (Å²) in [6.07, 6.45) is -0.746. The van der Waals surface area contributed by atoms with Gasteiger partial charge in [-0.15, -0.1) is 0 Å². The van der Waals surface area contributed by atoms with E-state index < -0.39 is 11.7 Å². The van der Waals surface area contributed by atoms with Crippen LogP contribution in [-0.4, -0.2) is 65.4 Å². The highest BCUT2D eigenvalue weighted by atomic mass is 16.5. The Labute approximate surface area is 147 Å². The normalized spacial score (nSPS) is 23.2. The predicted molar refractivity (Wildman–Crippen MR) is 92.3 cm³/mol. The molecule has 1 heterocycles. The van der Waals surface area contributed by atoms with E-state index in [-0.39, 0.29) is 37.7 Å². The van der Waals surface area contributed by atoms with Crippen LogP contribution in [0.4, 0.5) is 0 Å². The highest BCUT2D eigenvalue weighted by molar-refractivity contribution is 5.80. The second kappa shape index (κ2) is 7.84. The van der Waals surface area contributed by atoms with Crippen LogP contribution in [0.25, 0.3) is 0 Å². The molecular formula is C18H26N2O5. The van der Waals surface area contributed by atoms with Gasteiger partial charge >= 0.3 is 0 Å². The summed E-state index contributed by atoms with van der Waals surface area (Å²) in [5, 5.41) is 23.2. The van der Waals surface area contributed by atoms with Crippen molar-refractivity contribution in [2.45, 2.75) is 38.4 Å². The molecule has 1 aromatic rings. The number of aliphatic hydroxyl groups excluding tert-OH is 1. The molecule has 1 saturated heterocycles. The first-order valence-corrected chi connectivity index (χ1v) is 8.31. The van der Waals surface area contributed by atoms with Crippen molar-refractivity contribution >= 4 is 11.8 Å². The lowest BCUT2D eigenvalue weighted by atomic mass is 9.88. The topological polar surface area (TPSA) is 99.1 Å². The van der Waals surface area contributed by atoms with Gasteiger partial charge in [0.05, 0.1) is 13.5 Å². The molecule has 0 aromatic heterocycles. The third kappa shape index (κ3) is 4.70. The van der Waals surface area contributed by atoms with E-state index in [1.54, 1.807) is 7.11 Å². The summed E-state index contributed by atoms with van der Waals surface area (Å²) >= 11 is 0. The van der Waals surface area contributed by atoms with E-state index in [1.807, 2.05) is 25.1 Å². The zero-order valence-electron chi connectivity index (χ0n) is 14.9. The third-order valence-electron chi connectivity index (χ3n) is 4.60. The first-order valence-electron chi connectivity index (χ1n) is 8.31. The van der Waals surface area contributed by atoms with Crippen LogP contribution in [0.5, 0.6) is 5.75 Å². The number of hydrogen-bond acceptors (Lipinski definition) is 5. The van der Waals surface area contributed by atoms with Gasteiger partial charge < -0.3 is 25.2 Å². The number of piperidine rings is 1. The molecule has 0 radical (unpaired) electrons. The van der Waals surface area contributed by atoms with E-state index in [0.717, 1.165) is 11.1 Å². The van der Waals surface area contributed by atoms with Gasteiger partial charge in [0.2, 0.25) is 11.8 Å². The number of nitrogens with one attached hydrogen (secondary N) is 1. The third-order valence-corrected chi connectivity index (χ3v) is 4.60. The summed E-state index contributed by atoms with van der Waals surface area (Å²) < 4.78 is 5.30. The smallest absolute Gasteiger partial charge is 0.227 e. The lowest BCUT2D eigenvalue weighted by molar-refractivity contribution is -0.149. The van der Waals surface area contributed by atoms with Gasteiger partial charge in [0, 0.05) is 32.1 Å². The monoisotopic (exact) mass is 350 g/mol. The fourth-order valence-corrected chi connectivity index (χ4v) is 3.00. The van der Waals surface area contributed by atoms with Gasteiger partial charge in [-0.25, -0.2) is 0 Å². The molecule has 3 N–H and O–H groups in total.